The van der Waals surface area contributed by atoms with Crippen LogP contribution in [0.15, 0.2) is 12.7 Å². The maximum Gasteiger partial charge on any atom is 0.00417 e. The molecule has 0 aromatic carbocycles. The summed E-state index contributed by atoms with van der Waals surface area (Å²) in [4.78, 5) is 0. The summed E-state index contributed by atoms with van der Waals surface area (Å²) in [6.45, 7) is 9.67. The lowest BCUT2D eigenvalue weighted by Gasteiger charge is -2.28. The highest BCUT2D eigenvalue weighted by molar-refractivity contribution is 4.75. The number of allylic oxidation sites excluding steroid dienone is 1. The minimum absolute atomic E-state index is 0.653. The molecule has 0 radical (unpaired) electrons. The normalized spacial score (nSPS) is 28.7. The minimum atomic E-state index is 0.653. The molecule has 88 valence electrons. The summed E-state index contributed by atoms with van der Waals surface area (Å²) in [5, 5.41) is 3.66. The van der Waals surface area contributed by atoms with Crippen LogP contribution in [0, 0.1) is 11.8 Å². The van der Waals surface area contributed by atoms with E-state index in [2.05, 4.69) is 25.7 Å². The van der Waals surface area contributed by atoms with Gasteiger partial charge in [0.05, 0.1) is 0 Å². The largest absolute Gasteiger partial charge is 0.314 e. The van der Waals surface area contributed by atoms with E-state index in [1.165, 1.54) is 38.6 Å². The van der Waals surface area contributed by atoms with Crippen molar-refractivity contribution in [2.24, 2.45) is 11.8 Å². The molecule has 3 atom stereocenters. The van der Waals surface area contributed by atoms with E-state index in [0.717, 1.165) is 18.3 Å². The number of hydrogen-bond donors (Lipinski definition) is 1. The molecule has 0 aromatic heterocycles. The highest BCUT2D eigenvalue weighted by Crippen LogP contribution is 2.27. The van der Waals surface area contributed by atoms with Crippen LogP contribution in [0.4, 0.5) is 0 Å². The maximum absolute atomic E-state index is 3.76. The van der Waals surface area contributed by atoms with Crippen molar-refractivity contribution in [3.8, 4) is 0 Å². The van der Waals surface area contributed by atoms with Crippen LogP contribution >= 0.6 is 0 Å². The molecule has 0 bridgehead atoms. The summed E-state index contributed by atoms with van der Waals surface area (Å²) in [5.74, 6) is 1.88. The van der Waals surface area contributed by atoms with Crippen LogP contribution in [0.3, 0.4) is 0 Å². The topological polar surface area (TPSA) is 12.0 Å². The second kappa shape index (κ2) is 7.05. The Kier molecular flexibility index (Phi) is 6.00. The summed E-state index contributed by atoms with van der Waals surface area (Å²) in [6, 6.07) is 0.653. The first-order valence-electron chi connectivity index (χ1n) is 6.56. The second-order valence-corrected chi connectivity index (χ2v) is 5.31. The van der Waals surface area contributed by atoms with E-state index in [-0.39, 0.29) is 0 Å². The second-order valence-electron chi connectivity index (χ2n) is 5.31. The Bertz CT molecular complexity index is 176. The Hall–Kier alpha value is -0.300. The van der Waals surface area contributed by atoms with E-state index in [1.54, 1.807) is 0 Å². The molecule has 0 amide bonds. The van der Waals surface area contributed by atoms with Crippen LogP contribution in [0.1, 0.15) is 52.4 Å². The molecule has 1 heteroatoms. The summed E-state index contributed by atoms with van der Waals surface area (Å²) in [6.07, 6.45) is 10.1. The maximum atomic E-state index is 3.76. The van der Waals surface area contributed by atoms with Crippen LogP contribution < -0.4 is 5.32 Å². The van der Waals surface area contributed by atoms with Gasteiger partial charge >= 0.3 is 0 Å². The van der Waals surface area contributed by atoms with Gasteiger partial charge in [0.1, 0.15) is 0 Å². The van der Waals surface area contributed by atoms with E-state index in [1.807, 2.05) is 6.08 Å². The molecular weight excluding hydrogens is 182 g/mol. The third-order valence-corrected chi connectivity index (χ3v) is 3.60. The van der Waals surface area contributed by atoms with Crippen molar-refractivity contribution in [2.75, 3.05) is 6.54 Å². The summed E-state index contributed by atoms with van der Waals surface area (Å²) in [5.41, 5.74) is 0. The van der Waals surface area contributed by atoms with Gasteiger partial charge in [0.2, 0.25) is 0 Å². The first-order chi connectivity index (χ1) is 7.22. The highest BCUT2D eigenvalue weighted by Gasteiger charge is 2.18. The van der Waals surface area contributed by atoms with E-state index < -0.39 is 0 Å². The SMILES string of the molecule is C=CCCC(C)NCC1CCCC(C)C1. The molecule has 0 aliphatic heterocycles. The van der Waals surface area contributed by atoms with Crippen molar-refractivity contribution in [3.63, 3.8) is 0 Å². The molecule has 0 spiro atoms. The summed E-state index contributed by atoms with van der Waals surface area (Å²) < 4.78 is 0. The first kappa shape index (κ1) is 12.8. The standard InChI is InChI=1S/C14H27N/c1-4-5-8-13(3)15-11-14-9-6-7-12(2)10-14/h4,12-15H,1,5-11H2,2-3H3. The molecule has 1 N–H and O–H groups in total. The lowest BCUT2D eigenvalue weighted by Crippen LogP contribution is -2.32. The van der Waals surface area contributed by atoms with Gasteiger partial charge < -0.3 is 5.32 Å². The van der Waals surface area contributed by atoms with Crippen LogP contribution in [-0.4, -0.2) is 12.6 Å². The molecule has 1 aliphatic carbocycles. The molecule has 0 aromatic rings. The van der Waals surface area contributed by atoms with E-state index in [9.17, 15) is 0 Å². The fraction of sp³-hybridized carbons (Fsp3) is 0.857. The molecule has 1 rings (SSSR count). The summed E-state index contributed by atoms with van der Waals surface area (Å²) >= 11 is 0. The average molecular weight is 209 g/mol. The third-order valence-electron chi connectivity index (χ3n) is 3.60. The fourth-order valence-corrected chi connectivity index (χ4v) is 2.58. The van der Waals surface area contributed by atoms with Gasteiger partial charge in [0, 0.05) is 6.04 Å². The van der Waals surface area contributed by atoms with E-state index in [0.29, 0.717) is 6.04 Å². The van der Waals surface area contributed by atoms with Crippen molar-refractivity contribution >= 4 is 0 Å². The Morgan fingerprint density at radius 2 is 2.27 bits per heavy atom. The highest BCUT2D eigenvalue weighted by atomic mass is 14.9. The molecule has 1 fully saturated rings. The van der Waals surface area contributed by atoms with Gasteiger partial charge in [-0.1, -0.05) is 25.8 Å². The van der Waals surface area contributed by atoms with Gasteiger partial charge in [0.25, 0.3) is 0 Å². The zero-order chi connectivity index (χ0) is 11.1. The Morgan fingerprint density at radius 1 is 1.47 bits per heavy atom. The van der Waals surface area contributed by atoms with Crippen molar-refractivity contribution in [3.05, 3.63) is 12.7 Å². The number of hydrogen-bond acceptors (Lipinski definition) is 1. The van der Waals surface area contributed by atoms with Gasteiger partial charge in [-0.05, 0) is 51.0 Å². The lowest BCUT2D eigenvalue weighted by atomic mass is 9.82. The molecule has 1 nitrogen and oxygen atoms in total. The lowest BCUT2D eigenvalue weighted by molar-refractivity contribution is 0.267. The fourth-order valence-electron chi connectivity index (χ4n) is 2.58. The first-order valence-corrected chi connectivity index (χ1v) is 6.56. The van der Waals surface area contributed by atoms with Crippen molar-refractivity contribution in [1.29, 1.82) is 0 Å². The monoisotopic (exact) mass is 209 g/mol. The Balaban J connectivity index is 2.10. The molecule has 0 saturated heterocycles. The van der Waals surface area contributed by atoms with Gasteiger partial charge in [-0.3, -0.25) is 0 Å². The van der Waals surface area contributed by atoms with Gasteiger partial charge in [-0.25, -0.2) is 0 Å². The zero-order valence-electron chi connectivity index (χ0n) is 10.5. The van der Waals surface area contributed by atoms with Crippen LogP contribution in [0.2, 0.25) is 0 Å². The van der Waals surface area contributed by atoms with Crippen molar-refractivity contribution in [1.82, 2.24) is 5.32 Å². The third kappa shape index (κ3) is 5.36. The molecule has 1 saturated carbocycles. The summed E-state index contributed by atoms with van der Waals surface area (Å²) in [7, 11) is 0. The van der Waals surface area contributed by atoms with Crippen molar-refractivity contribution in [2.45, 2.75) is 58.4 Å². The minimum Gasteiger partial charge on any atom is -0.314 e. The zero-order valence-corrected chi connectivity index (χ0v) is 10.5. The van der Waals surface area contributed by atoms with Gasteiger partial charge in [0.15, 0.2) is 0 Å². The predicted octanol–water partition coefficient (Wildman–Crippen LogP) is 3.76. The predicted molar refractivity (Wildman–Crippen MR) is 68.0 cm³/mol. The molecule has 0 heterocycles. The van der Waals surface area contributed by atoms with Crippen molar-refractivity contribution < 1.29 is 0 Å². The van der Waals surface area contributed by atoms with Crippen LogP contribution in [-0.2, 0) is 0 Å². The van der Waals surface area contributed by atoms with Crippen LogP contribution in [0.25, 0.3) is 0 Å². The number of rotatable bonds is 6. The molecule has 1 aliphatic rings. The molecular formula is C14H27N. The van der Waals surface area contributed by atoms with Crippen LogP contribution in [0.5, 0.6) is 0 Å². The Morgan fingerprint density at radius 3 is 2.93 bits per heavy atom. The number of nitrogens with one attached hydrogen (secondary N) is 1. The average Bonchev–Trinajstić information content (AvgIpc) is 2.23. The molecule has 15 heavy (non-hydrogen) atoms. The van der Waals surface area contributed by atoms with Gasteiger partial charge in [-0.15, -0.1) is 6.58 Å². The van der Waals surface area contributed by atoms with E-state index in [4.69, 9.17) is 0 Å². The molecule has 3 unspecified atom stereocenters. The Labute approximate surface area is 95.3 Å². The van der Waals surface area contributed by atoms with Gasteiger partial charge in [-0.2, -0.15) is 0 Å². The smallest absolute Gasteiger partial charge is 0.00417 e. The van der Waals surface area contributed by atoms with E-state index >= 15 is 0 Å². The quantitative estimate of drug-likeness (QED) is 0.657.